The summed E-state index contributed by atoms with van der Waals surface area (Å²) < 4.78 is 13.1. The molecule has 2 aromatic carbocycles. The van der Waals surface area contributed by atoms with Gasteiger partial charge in [-0.2, -0.15) is 0 Å². The summed E-state index contributed by atoms with van der Waals surface area (Å²) in [4.78, 5) is 32.9. The fourth-order valence-electron chi connectivity index (χ4n) is 4.57. The quantitative estimate of drug-likeness (QED) is 0.404. The van der Waals surface area contributed by atoms with Gasteiger partial charge in [0.2, 0.25) is 5.91 Å². The van der Waals surface area contributed by atoms with Gasteiger partial charge in [-0.3, -0.25) is 14.2 Å². The normalized spacial score (nSPS) is 17.5. The van der Waals surface area contributed by atoms with Crippen molar-refractivity contribution >= 4 is 28.6 Å². The lowest BCUT2D eigenvalue weighted by atomic mass is 10.0. The third-order valence-corrected chi connectivity index (χ3v) is 7.08. The first-order valence-electron chi connectivity index (χ1n) is 11.5. The highest BCUT2D eigenvalue weighted by atomic mass is 32.2. The Kier molecular flexibility index (Phi) is 6.26. The van der Waals surface area contributed by atoms with Gasteiger partial charge in [-0.15, -0.1) is 0 Å². The smallest absolute Gasteiger partial charge is 0.262 e. The molecule has 1 fully saturated rings. The fourth-order valence-corrected chi connectivity index (χ4v) is 5.48. The van der Waals surface area contributed by atoms with Gasteiger partial charge in [0, 0.05) is 13.1 Å². The number of thioether (sulfide) groups is 1. The van der Waals surface area contributed by atoms with E-state index in [9.17, 15) is 9.59 Å². The summed E-state index contributed by atoms with van der Waals surface area (Å²) in [7, 11) is 0. The number of aromatic nitrogens is 2. The Balaban J connectivity index is 1.35. The van der Waals surface area contributed by atoms with Crippen LogP contribution in [-0.2, 0) is 11.3 Å². The van der Waals surface area contributed by atoms with E-state index in [1.54, 1.807) is 10.6 Å². The van der Waals surface area contributed by atoms with Crippen LogP contribution in [-0.4, -0.2) is 45.9 Å². The Morgan fingerprint density at radius 3 is 2.82 bits per heavy atom. The van der Waals surface area contributed by atoms with Gasteiger partial charge in [0.05, 0.1) is 22.7 Å². The largest absolute Gasteiger partial charge is 0.486 e. The second-order valence-electron chi connectivity index (χ2n) is 8.31. The van der Waals surface area contributed by atoms with Gasteiger partial charge in [0.15, 0.2) is 16.7 Å². The fraction of sp³-hybridized carbons (Fsp3) is 0.400. The molecule has 1 saturated heterocycles. The van der Waals surface area contributed by atoms with Crippen LogP contribution in [0.1, 0.15) is 37.8 Å². The van der Waals surface area contributed by atoms with Crippen LogP contribution in [0.15, 0.2) is 52.4 Å². The van der Waals surface area contributed by atoms with Crippen LogP contribution < -0.4 is 15.0 Å². The molecule has 0 spiro atoms. The Hall–Kier alpha value is -3.00. The summed E-state index contributed by atoms with van der Waals surface area (Å²) in [6.07, 6.45) is 2.70. The van der Waals surface area contributed by atoms with Gasteiger partial charge >= 0.3 is 0 Å². The summed E-state index contributed by atoms with van der Waals surface area (Å²) in [6, 6.07) is 13.4. The maximum Gasteiger partial charge on any atom is 0.262 e. The maximum absolute atomic E-state index is 13.2. The van der Waals surface area contributed by atoms with E-state index < -0.39 is 0 Å². The van der Waals surface area contributed by atoms with E-state index in [4.69, 9.17) is 14.5 Å². The van der Waals surface area contributed by atoms with E-state index in [1.807, 2.05) is 48.2 Å². The molecular weight excluding hydrogens is 438 g/mol. The molecule has 1 aromatic heterocycles. The highest BCUT2D eigenvalue weighted by Crippen LogP contribution is 2.38. The molecule has 2 aliphatic heterocycles. The Morgan fingerprint density at radius 1 is 1.15 bits per heavy atom. The zero-order valence-electron chi connectivity index (χ0n) is 18.7. The first kappa shape index (κ1) is 21.8. The number of carbonyl (C=O) groups is 1. The van der Waals surface area contributed by atoms with E-state index in [2.05, 4.69) is 0 Å². The second-order valence-corrected chi connectivity index (χ2v) is 9.25. The minimum atomic E-state index is -0.0484. The zero-order chi connectivity index (χ0) is 22.8. The second kappa shape index (κ2) is 9.47. The van der Waals surface area contributed by atoms with Crippen molar-refractivity contribution in [3.05, 3.63) is 58.4 Å². The van der Waals surface area contributed by atoms with Crippen molar-refractivity contribution < 1.29 is 14.3 Å². The highest BCUT2D eigenvalue weighted by Gasteiger charge is 2.31. The average molecular weight is 466 g/mol. The molecule has 0 bridgehead atoms. The van der Waals surface area contributed by atoms with Crippen molar-refractivity contribution in [3.63, 3.8) is 0 Å². The molecule has 0 radical (unpaired) electrons. The molecule has 172 valence electrons. The number of hydrogen-bond acceptors (Lipinski definition) is 6. The van der Waals surface area contributed by atoms with E-state index in [0.29, 0.717) is 35.8 Å². The van der Waals surface area contributed by atoms with Gasteiger partial charge in [0.1, 0.15) is 13.2 Å². The lowest BCUT2D eigenvalue weighted by Crippen LogP contribution is -2.32. The van der Waals surface area contributed by atoms with Crippen LogP contribution in [0.3, 0.4) is 0 Å². The SMILES string of the molecule is CCCn1c(SCC(=O)N2CCCC2c2ccc3c(c2)OCCO3)nc2ccccc2c1=O. The zero-order valence-corrected chi connectivity index (χ0v) is 19.5. The number of para-hydroxylation sites is 1. The first-order valence-corrected chi connectivity index (χ1v) is 12.5. The van der Waals surface area contributed by atoms with Gasteiger partial charge in [-0.05, 0) is 49.1 Å². The third-order valence-electron chi connectivity index (χ3n) is 6.12. The average Bonchev–Trinajstić information content (AvgIpc) is 3.34. The number of rotatable bonds is 6. The van der Waals surface area contributed by atoms with Crippen LogP contribution in [0.2, 0.25) is 0 Å². The number of benzene rings is 2. The summed E-state index contributed by atoms with van der Waals surface area (Å²) in [5.74, 6) is 1.81. The molecule has 7 nitrogen and oxygen atoms in total. The number of likely N-dealkylation sites (tertiary alicyclic amines) is 1. The van der Waals surface area contributed by atoms with Gasteiger partial charge in [-0.1, -0.05) is 36.9 Å². The molecule has 0 N–H and O–H groups in total. The van der Waals surface area contributed by atoms with Crippen molar-refractivity contribution in [1.82, 2.24) is 14.5 Å². The highest BCUT2D eigenvalue weighted by molar-refractivity contribution is 7.99. The predicted octanol–water partition coefficient (Wildman–Crippen LogP) is 4.03. The van der Waals surface area contributed by atoms with E-state index in [-0.39, 0.29) is 23.3 Å². The van der Waals surface area contributed by atoms with Gasteiger partial charge in [-0.25, -0.2) is 4.98 Å². The molecule has 1 atom stereocenters. The van der Waals surface area contributed by atoms with Crippen LogP contribution in [0.4, 0.5) is 0 Å². The van der Waals surface area contributed by atoms with Crippen LogP contribution in [0.5, 0.6) is 11.5 Å². The van der Waals surface area contributed by atoms with Gasteiger partial charge < -0.3 is 14.4 Å². The summed E-state index contributed by atoms with van der Waals surface area (Å²) in [5.41, 5.74) is 1.69. The minimum absolute atomic E-state index is 0.0244. The molecule has 2 aliphatic rings. The van der Waals surface area contributed by atoms with Crippen molar-refractivity contribution in [2.24, 2.45) is 0 Å². The number of nitrogens with zero attached hydrogens (tertiary/aromatic N) is 3. The lowest BCUT2D eigenvalue weighted by molar-refractivity contribution is -0.129. The molecule has 1 unspecified atom stereocenters. The van der Waals surface area contributed by atoms with Crippen molar-refractivity contribution in [3.8, 4) is 11.5 Å². The summed E-state index contributed by atoms with van der Waals surface area (Å²) >= 11 is 1.35. The molecule has 3 aromatic rings. The molecule has 0 aliphatic carbocycles. The standard InChI is InChI=1S/C25H27N3O4S/c1-2-11-28-24(30)18-6-3-4-7-19(18)26-25(28)33-16-23(29)27-12-5-8-20(27)17-9-10-21-22(15-17)32-14-13-31-21/h3-4,6-7,9-10,15,20H,2,5,8,11-14,16H2,1H3. The van der Waals surface area contributed by atoms with E-state index >= 15 is 0 Å². The molecule has 0 saturated carbocycles. The van der Waals surface area contributed by atoms with Crippen LogP contribution in [0.25, 0.3) is 10.9 Å². The molecule has 5 rings (SSSR count). The van der Waals surface area contributed by atoms with Crippen molar-refractivity contribution in [1.29, 1.82) is 0 Å². The predicted molar refractivity (Wildman–Crippen MR) is 128 cm³/mol. The topological polar surface area (TPSA) is 73.7 Å². The van der Waals surface area contributed by atoms with E-state index in [0.717, 1.165) is 42.9 Å². The maximum atomic E-state index is 13.2. The number of carbonyl (C=O) groups excluding carboxylic acids is 1. The summed E-state index contributed by atoms with van der Waals surface area (Å²) in [5, 5.41) is 1.21. The Labute approximate surface area is 196 Å². The van der Waals surface area contributed by atoms with Gasteiger partial charge in [0.25, 0.3) is 5.56 Å². The molecule has 33 heavy (non-hydrogen) atoms. The molecule has 3 heterocycles. The Bertz CT molecular complexity index is 1240. The van der Waals surface area contributed by atoms with Crippen LogP contribution >= 0.6 is 11.8 Å². The van der Waals surface area contributed by atoms with Crippen molar-refractivity contribution in [2.75, 3.05) is 25.5 Å². The Morgan fingerprint density at radius 2 is 1.97 bits per heavy atom. The minimum Gasteiger partial charge on any atom is -0.486 e. The monoisotopic (exact) mass is 465 g/mol. The van der Waals surface area contributed by atoms with Crippen LogP contribution in [0, 0.1) is 0 Å². The number of fused-ring (bicyclic) bond motifs is 2. The number of amides is 1. The molecular formula is C25H27N3O4S. The van der Waals surface area contributed by atoms with E-state index in [1.165, 1.54) is 11.8 Å². The number of ether oxygens (including phenoxy) is 2. The first-order chi connectivity index (χ1) is 16.2. The number of hydrogen-bond donors (Lipinski definition) is 0. The molecule has 1 amide bonds. The lowest BCUT2D eigenvalue weighted by Gasteiger charge is -2.26. The molecule has 8 heteroatoms. The summed E-state index contributed by atoms with van der Waals surface area (Å²) in [6.45, 7) is 4.44. The van der Waals surface area contributed by atoms with Crippen molar-refractivity contribution in [2.45, 2.75) is 43.9 Å². The third kappa shape index (κ3) is 4.31.